The van der Waals surface area contributed by atoms with Gasteiger partial charge in [-0.15, -0.1) is 0 Å². The quantitative estimate of drug-likeness (QED) is 0.860. The summed E-state index contributed by atoms with van der Waals surface area (Å²) in [5.41, 5.74) is 10.8. The van der Waals surface area contributed by atoms with E-state index >= 15 is 0 Å². The monoisotopic (exact) mass is 272 g/mol. The molecule has 0 fully saturated rings. The van der Waals surface area contributed by atoms with Crippen molar-refractivity contribution in [1.82, 2.24) is 0 Å². The summed E-state index contributed by atoms with van der Waals surface area (Å²) in [5, 5.41) is 4.27. The van der Waals surface area contributed by atoms with Gasteiger partial charge < -0.3 is 11.1 Å². The molecule has 0 heterocycles. The maximum absolute atomic E-state index is 6.28. The summed E-state index contributed by atoms with van der Waals surface area (Å²) >= 11 is 6.28. The van der Waals surface area contributed by atoms with E-state index in [1.165, 1.54) is 16.7 Å². The van der Waals surface area contributed by atoms with E-state index in [1.54, 1.807) is 0 Å². The fourth-order valence-electron chi connectivity index (χ4n) is 2.74. The average Bonchev–Trinajstić information content (AvgIpc) is 2.71. The summed E-state index contributed by atoms with van der Waals surface area (Å²) in [6, 6.07) is 14.8. The summed E-state index contributed by atoms with van der Waals surface area (Å²) in [7, 11) is 0. The van der Waals surface area contributed by atoms with Crippen LogP contribution in [0.25, 0.3) is 0 Å². The van der Waals surface area contributed by atoms with Crippen LogP contribution in [0, 0.1) is 6.92 Å². The molecule has 2 unspecified atom stereocenters. The molecule has 2 nitrogen and oxygen atoms in total. The zero-order chi connectivity index (χ0) is 13.4. The van der Waals surface area contributed by atoms with E-state index in [-0.39, 0.29) is 12.1 Å². The van der Waals surface area contributed by atoms with Crippen molar-refractivity contribution in [1.29, 1.82) is 0 Å². The second-order valence-electron chi connectivity index (χ2n) is 5.15. The number of hydrogen-bond donors (Lipinski definition) is 2. The molecule has 3 rings (SSSR count). The van der Waals surface area contributed by atoms with E-state index in [0.29, 0.717) is 0 Å². The van der Waals surface area contributed by atoms with Gasteiger partial charge >= 0.3 is 0 Å². The molecule has 0 saturated carbocycles. The lowest BCUT2D eigenvalue weighted by Gasteiger charge is -2.17. The van der Waals surface area contributed by atoms with Gasteiger partial charge in [0.2, 0.25) is 0 Å². The van der Waals surface area contributed by atoms with Crippen LogP contribution < -0.4 is 11.1 Å². The molecule has 2 atom stereocenters. The van der Waals surface area contributed by atoms with E-state index in [1.807, 2.05) is 25.1 Å². The highest BCUT2D eigenvalue weighted by atomic mass is 35.5. The smallest absolute Gasteiger partial charge is 0.0640 e. The van der Waals surface area contributed by atoms with Gasteiger partial charge in [-0.2, -0.15) is 0 Å². The molecule has 0 saturated heterocycles. The highest BCUT2D eigenvalue weighted by Crippen LogP contribution is 2.40. The highest BCUT2D eigenvalue weighted by Gasteiger charge is 2.28. The molecule has 3 heteroatoms. The van der Waals surface area contributed by atoms with E-state index in [2.05, 4.69) is 29.6 Å². The molecule has 1 aliphatic carbocycles. The van der Waals surface area contributed by atoms with Crippen molar-refractivity contribution in [3.63, 3.8) is 0 Å². The van der Waals surface area contributed by atoms with Crippen LogP contribution in [0.5, 0.6) is 0 Å². The van der Waals surface area contributed by atoms with E-state index < -0.39 is 0 Å². The maximum atomic E-state index is 6.28. The van der Waals surface area contributed by atoms with Crippen LogP contribution in [0.2, 0.25) is 5.02 Å². The van der Waals surface area contributed by atoms with Gasteiger partial charge in [-0.25, -0.2) is 0 Å². The number of benzene rings is 2. The molecule has 0 bridgehead atoms. The molecular weight excluding hydrogens is 256 g/mol. The van der Waals surface area contributed by atoms with E-state index in [9.17, 15) is 0 Å². The van der Waals surface area contributed by atoms with Crippen LogP contribution in [-0.2, 0) is 0 Å². The maximum Gasteiger partial charge on any atom is 0.0640 e. The van der Waals surface area contributed by atoms with Gasteiger partial charge in [-0.05, 0) is 42.2 Å². The summed E-state index contributed by atoms with van der Waals surface area (Å²) in [4.78, 5) is 0. The minimum absolute atomic E-state index is 0.109. The lowest BCUT2D eigenvalue weighted by Crippen LogP contribution is -2.10. The molecule has 2 aromatic carbocycles. The zero-order valence-corrected chi connectivity index (χ0v) is 11.6. The Morgan fingerprint density at radius 3 is 2.63 bits per heavy atom. The highest BCUT2D eigenvalue weighted by molar-refractivity contribution is 6.33. The molecule has 0 amide bonds. The fraction of sp³-hybridized carbons (Fsp3) is 0.250. The van der Waals surface area contributed by atoms with E-state index in [0.717, 1.165) is 17.1 Å². The average molecular weight is 273 g/mol. The van der Waals surface area contributed by atoms with Gasteiger partial charge in [0.15, 0.2) is 0 Å². The first-order valence-corrected chi connectivity index (χ1v) is 6.90. The van der Waals surface area contributed by atoms with Gasteiger partial charge in [0, 0.05) is 6.04 Å². The summed E-state index contributed by atoms with van der Waals surface area (Å²) in [6.07, 6.45) is 0.906. The number of fused-ring (bicyclic) bond motifs is 1. The third kappa shape index (κ3) is 2.34. The van der Waals surface area contributed by atoms with Crippen molar-refractivity contribution in [3.8, 4) is 0 Å². The molecule has 0 aromatic heterocycles. The Morgan fingerprint density at radius 2 is 1.89 bits per heavy atom. The number of aryl methyl sites for hydroxylation is 1. The molecule has 19 heavy (non-hydrogen) atoms. The second kappa shape index (κ2) is 4.87. The number of rotatable bonds is 2. The number of hydrogen-bond acceptors (Lipinski definition) is 2. The topological polar surface area (TPSA) is 38.0 Å². The first kappa shape index (κ1) is 12.5. The molecule has 2 aromatic rings. The Hall–Kier alpha value is -1.51. The van der Waals surface area contributed by atoms with Gasteiger partial charge in [0.05, 0.1) is 16.8 Å². The van der Waals surface area contributed by atoms with Crippen LogP contribution in [-0.4, -0.2) is 0 Å². The third-order valence-electron chi connectivity index (χ3n) is 3.71. The summed E-state index contributed by atoms with van der Waals surface area (Å²) < 4.78 is 0. The third-order valence-corrected chi connectivity index (χ3v) is 4.03. The van der Waals surface area contributed by atoms with Crippen LogP contribution in [0.1, 0.15) is 35.2 Å². The fourth-order valence-corrected chi connectivity index (χ4v) is 3.03. The first-order valence-electron chi connectivity index (χ1n) is 6.52. The molecule has 98 valence electrons. The Bertz CT molecular complexity index is 609. The normalized spacial score (nSPS) is 21.2. The molecular formula is C16H17ClN2. The standard InChI is InChI=1S/C16H17ClN2/c1-10-6-7-15(13(17)8-10)19-16-9-14(18)11-4-2-3-5-12(11)16/h2-8,14,16,19H,9,18H2,1H3. The van der Waals surface area contributed by atoms with Crippen LogP contribution in [0.3, 0.4) is 0 Å². The largest absolute Gasteiger partial charge is 0.377 e. The molecule has 1 aliphatic rings. The van der Waals surface area contributed by atoms with Crippen LogP contribution >= 0.6 is 11.6 Å². The predicted octanol–water partition coefficient (Wildman–Crippen LogP) is 4.21. The van der Waals surface area contributed by atoms with Crippen molar-refractivity contribution in [2.45, 2.75) is 25.4 Å². The Balaban J connectivity index is 1.89. The van der Waals surface area contributed by atoms with Crippen molar-refractivity contribution >= 4 is 17.3 Å². The molecule has 3 N–H and O–H groups in total. The number of nitrogens with one attached hydrogen (secondary N) is 1. The second-order valence-corrected chi connectivity index (χ2v) is 5.56. The van der Waals surface area contributed by atoms with Crippen molar-refractivity contribution in [3.05, 3.63) is 64.2 Å². The zero-order valence-electron chi connectivity index (χ0n) is 10.9. The lowest BCUT2D eigenvalue weighted by molar-refractivity contribution is 0.648. The molecule has 0 aliphatic heterocycles. The van der Waals surface area contributed by atoms with Crippen LogP contribution in [0.4, 0.5) is 5.69 Å². The van der Waals surface area contributed by atoms with Crippen LogP contribution in [0.15, 0.2) is 42.5 Å². The number of anilines is 1. The Labute approximate surface area is 118 Å². The van der Waals surface area contributed by atoms with Gasteiger partial charge in [0.1, 0.15) is 0 Å². The Morgan fingerprint density at radius 1 is 1.16 bits per heavy atom. The lowest BCUT2D eigenvalue weighted by atomic mass is 10.1. The van der Waals surface area contributed by atoms with Gasteiger partial charge in [0.25, 0.3) is 0 Å². The Kier molecular flexibility index (Phi) is 3.21. The molecule has 0 radical (unpaired) electrons. The van der Waals surface area contributed by atoms with E-state index in [4.69, 9.17) is 17.3 Å². The van der Waals surface area contributed by atoms with Gasteiger partial charge in [-0.3, -0.25) is 0 Å². The van der Waals surface area contributed by atoms with Crippen molar-refractivity contribution < 1.29 is 0 Å². The minimum Gasteiger partial charge on any atom is -0.377 e. The summed E-state index contributed by atoms with van der Waals surface area (Å²) in [5.74, 6) is 0. The summed E-state index contributed by atoms with van der Waals surface area (Å²) in [6.45, 7) is 2.04. The minimum atomic E-state index is 0.109. The SMILES string of the molecule is Cc1ccc(NC2CC(N)c3ccccc32)c(Cl)c1. The van der Waals surface area contributed by atoms with Crippen molar-refractivity contribution in [2.75, 3.05) is 5.32 Å². The van der Waals surface area contributed by atoms with Gasteiger partial charge in [-0.1, -0.05) is 41.9 Å². The van der Waals surface area contributed by atoms with Crippen molar-refractivity contribution in [2.24, 2.45) is 5.73 Å². The predicted molar refractivity (Wildman–Crippen MR) is 80.5 cm³/mol. The number of halogens is 1. The number of nitrogens with two attached hydrogens (primary N) is 1. The first-order chi connectivity index (χ1) is 9.15. The molecule has 0 spiro atoms.